The molecule has 0 aromatic heterocycles. The van der Waals surface area contributed by atoms with Crippen molar-refractivity contribution in [1.29, 1.82) is 0 Å². The van der Waals surface area contributed by atoms with Gasteiger partial charge in [-0.2, -0.15) is 0 Å². The highest BCUT2D eigenvalue weighted by Gasteiger charge is 2.23. The molecule has 0 bridgehead atoms. The van der Waals surface area contributed by atoms with Gasteiger partial charge in [-0.05, 0) is 54.7 Å². The molecule has 0 saturated carbocycles. The van der Waals surface area contributed by atoms with Crippen molar-refractivity contribution >= 4 is 6.03 Å². The maximum Gasteiger partial charge on any atom is 0.317 e. The third-order valence-electron chi connectivity index (χ3n) is 5.15. The highest BCUT2D eigenvalue weighted by Crippen LogP contribution is 2.26. The van der Waals surface area contributed by atoms with Crippen LogP contribution in [0.1, 0.15) is 36.3 Å². The van der Waals surface area contributed by atoms with E-state index >= 15 is 0 Å². The average Bonchev–Trinajstić information content (AvgIpc) is 2.95. The van der Waals surface area contributed by atoms with Crippen LogP contribution >= 0.6 is 0 Å². The summed E-state index contributed by atoms with van der Waals surface area (Å²) in [6.07, 6.45) is 3.90. The lowest BCUT2D eigenvalue weighted by Gasteiger charge is -2.25. The van der Waals surface area contributed by atoms with Crippen LogP contribution in [0.15, 0.2) is 48.5 Å². The van der Waals surface area contributed by atoms with E-state index in [1.54, 1.807) is 7.11 Å². The Labute approximate surface area is 160 Å². The number of nitrogens with one attached hydrogen (secondary N) is 1. The zero-order chi connectivity index (χ0) is 19.1. The van der Waals surface area contributed by atoms with Crippen molar-refractivity contribution in [2.45, 2.75) is 31.6 Å². The van der Waals surface area contributed by atoms with E-state index in [0.717, 1.165) is 49.1 Å². The summed E-state index contributed by atoms with van der Waals surface area (Å²) in [6, 6.07) is 14.5. The van der Waals surface area contributed by atoms with Gasteiger partial charge >= 0.3 is 6.03 Å². The van der Waals surface area contributed by atoms with Crippen LogP contribution in [-0.2, 0) is 6.42 Å². The zero-order valence-electron chi connectivity index (χ0n) is 15.8. The molecule has 27 heavy (non-hydrogen) atoms. The number of benzene rings is 2. The SMILES string of the molecule is COc1ccc(CCNC(=O)N2CCCCC(c3ccc(F)cc3)C2)cc1. The van der Waals surface area contributed by atoms with E-state index in [4.69, 9.17) is 4.74 Å². The predicted molar refractivity (Wildman–Crippen MR) is 105 cm³/mol. The molecule has 0 aliphatic carbocycles. The lowest BCUT2D eigenvalue weighted by Crippen LogP contribution is -2.42. The van der Waals surface area contributed by atoms with Gasteiger partial charge in [-0.15, -0.1) is 0 Å². The minimum atomic E-state index is -0.222. The van der Waals surface area contributed by atoms with Crippen LogP contribution in [-0.4, -0.2) is 37.7 Å². The minimum Gasteiger partial charge on any atom is -0.497 e. The Morgan fingerprint density at radius 3 is 2.59 bits per heavy atom. The molecule has 5 heteroatoms. The number of hydrogen-bond acceptors (Lipinski definition) is 2. The van der Waals surface area contributed by atoms with Crippen LogP contribution in [0, 0.1) is 5.82 Å². The summed E-state index contributed by atoms with van der Waals surface area (Å²) in [5.74, 6) is 0.875. The fourth-order valence-electron chi connectivity index (χ4n) is 3.55. The van der Waals surface area contributed by atoms with E-state index in [1.165, 1.54) is 12.1 Å². The lowest BCUT2D eigenvalue weighted by molar-refractivity contribution is 0.197. The Hall–Kier alpha value is -2.56. The summed E-state index contributed by atoms with van der Waals surface area (Å²) in [7, 11) is 1.65. The smallest absolute Gasteiger partial charge is 0.317 e. The number of carbonyl (C=O) groups excluding carboxylic acids is 1. The summed E-state index contributed by atoms with van der Waals surface area (Å²) in [5, 5.41) is 3.03. The first-order chi connectivity index (χ1) is 13.2. The highest BCUT2D eigenvalue weighted by molar-refractivity contribution is 5.74. The second kappa shape index (κ2) is 9.40. The van der Waals surface area contributed by atoms with Gasteiger partial charge in [0.1, 0.15) is 11.6 Å². The molecule has 1 N–H and O–H groups in total. The van der Waals surface area contributed by atoms with Crippen molar-refractivity contribution in [3.63, 3.8) is 0 Å². The number of hydrogen-bond donors (Lipinski definition) is 1. The third-order valence-corrected chi connectivity index (χ3v) is 5.15. The van der Waals surface area contributed by atoms with Crippen LogP contribution in [0.3, 0.4) is 0 Å². The predicted octanol–water partition coefficient (Wildman–Crippen LogP) is 4.36. The summed E-state index contributed by atoms with van der Waals surface area (Å²) in [6.45, 7) is 2.05. The number of methoxy groups -OCH3 is 1. The molecule has 0 radical (unpaired) electrons. The molecule has 1 saturated heterocycles. The number of carbonyl (C=O) groups is 1. The van der Waals surface area contributed by atoms with Gasteiger partial charge in [-0.1, -0.05) is 30.7 Å². The van der Waals surface area contributed by atoms with Crippen LogP contribution in [0.25, 0.3) is 0 Å². The largest absolute Gasteiger partial charge is 0.497 e. The second-order valence-electron chi connectivity index (χ2n) is 7.02. The maximum atomic E-state index is 13.2. The van der Waals surface area contributed by atoms with Gasteiger partial charge in [0.25, 0.3) is 0 Å². The van der Waals surface area contributed by atoms with Gasteiger partial charge in [0.2, 0.25) is 0 Å². The number of amides is 2. The Kier molecular flexibility index (Phi) is 6.69. The van der Waals surface area contributed by atoms with Gasteiger partial charge in [0.05, 0.1) is 7.11 Å². The van der Waals surface area contributed by atoms with Crippen molar-refractivity contribution in [2.24, 2.45) is 0 Å². The van der Waals surface area contributed by atoms with E-state index in [-0.39, 0.29) is 17.8 Å². The van der Waals surface area contributed by atoms with E-state index in [2.05, 4.69) is 5.32 Å². The van der Waals surface area contributed by atoms with E-state index in [0.29, 0.717) is 13.1 Å². The molecular weight excluding hydrogens is 343 g/mol. The summed E-state index contributed by atoms with van der Waals surface area (Å²) in [5.41, 5.74) is 2.27. The minimum absolute atomic E-state index is 0.0162. The molecule has 0 spiro atoms. The molecule has 1 unspecified atom stereocenters. The lowest BCUT2D eigenvalue weighted by atomic mass is 9.94. The maximum absolute atomic E-state index is 13.2. The van der Waals surface area contributed by atoms with Crippen LogP contribution in [0.5, 0.6) is 5.75 Å². The fourth-order valence-corrected chi connectivity index (χ4v) is 3.55. The van der Waals surface area contributed by atoms with Crippen LogP contribution < -0.4 is 10.1 Å². The monoisotopic (exact) mass is 370 g/mol. The van der Waals surface area contributed by atoms with Crippen molar-refractivity contribution in [1.82, 2.24) is 10.2 Å². The molecule has 1 aliphatic rings. The normalized spacial score (nSPS) is 17.3. The molecule has 1 fully saturated rings. The first-order valence-corrected chi connectivity index (χ1v) is 9.57. The summed E-state index contributed by atoms with van der Waals surface area (Å²) < 4.78 is 18.3. The second-order valence-corrected chi connectivity index (χ2v) is 7.02. The van der Waals surface area contributed by atoms with Gasteiger partial charge in [-0.25, -0.2) is 9.18 Å². The third kappa shape index (κ3) is 5.46. The topological polar surface area (TPSA) is 41.6 Å². The highest BCUT2D eigenvalue weighted by atomic mass is 19.1. The van der Waals surface area contributed by atoms with Crippen molar-refractivity contribution in [3.8, 4) is 5.75 Å². The first-order valence-electron chi connectivity index (χ1n) is 9.57. The number of rotatable bonds is 5. The molecule has 4 nitrogen and oxygen atoms in total. The summed E-state index contributed by atoms with van der Waals surface area (Å²) >= 11 is 0. The molecule has 1 heterocycles. The van der Waals surface area contributed by atoms with Gasteiger partial charge in [0.15, 0.2) is 0 Å². The molecular formula is C22H27FN2O2. The van der Waals surface area contributed by atoms with Crippen molar-refractivity contribution < 1.29 is 13.9 Å². The van der Waals surface area contributed by atoms with Gasteiger partial charge in [0, 0.05) is 25.6 Å². The van der Waals surface area contributed by atoms with Crippen molar-refractivity contribution in [2.75, 3.05) is 26.7 Å². The Morgan fingerprint density at radius 2 is 1.89 bits per heavy atom. The number of nitrogens with zero attached hydrogens (tertiary/aromatic N) is 1. The Balaban J connectivity index is 1.52. The first kappa shape index (κ1) is 19.2. The van der Waals surface area contributed by atoms with Gasteiger partial charge in [-0.3, -0.25) is 0 Å². The zero-order valence-corrected chi connectivity index (χ0v) is 15.8. The van der Waals surface area contributed by atoms with Crippen LogP contribution in [0.4, 0.5) is 9.18 Å². The standard InChI is InChI=1S/C22H27FN2O2/c1-27-21-11-5-17(6-12-21)13-14-24-22(26)25-15-3-2-4-19(16-25)18-7-9-20(23)10-8-18/h5-12,19H,2-4,13-16H2,1H3,(H,24,26). The fraction of sp³-hybridized carbons (Fsp3) is 0.409. The molecule has 1 atom stereocenters. The number of urea groups is 1. The molecule has 3 rings (SSSR count). The Bertz CT molecular complexity index is 731. The Morgan fingerprint density at radius 1 is 1.15 bits per heavy atom. The quantitative estimate of drug-likeness (QED) is 0.850. The van der Waals surface area contributed by atoms with Crippen LogP contribution in [0.2, 0.25) is 0 Å². The van der Waals surface area contributed by atoms with Crippen molar-refractivity contribution in [3.05, 3.63) is 65.5 Å². The van der Waals surface area contributed by atoms with E-state index < -0.39 is 0 Å². The molecule has 2 amide bonds. The number of ether oxygens (including phenoxy) is 1. The summed E-state index contributed by atoms with van der Waals surface area (Å²) in [4.78, 5) is 14.5. The number of halogens is 1. The molecule has 2 aromatic carbocycles. The molecule has 144 valence electrons. The molecule has 2 aromatic rings. The number of likely N-dealkylation sites (tertiary alicyclic amines) is 1. The molecule has 1 aliphatic heterocycles. The average molecular weight is 370 g/mol. The van der Waals surface area contributed by atoms with Gasteiger partial charge < -0.3 is 15.0 Å². The van der Waals surface area contributed by atoms with E-state index in [1.807, 2.05) is 41.3 Å². The van der Waals surface area contributed by atoms with E-state index in [9.17, 15) is 9.18 Å².